The van der Waals surface area contributed by atoms with Crippen molar-refractivity contribution < 1.29 is 4.79 Å². The van der Waals surface area contributed by atoms with Gasteiger partial charge >= 0.3 is 0 Å². The van der Waals surface area contributed by atoms with Gasteiger partial charge in [0.1, 0.15) is 0 Å². The van der Waals surface area contributed by atoms with Crippen molar-refractivity contribution in [3.8, 4) is 0 Å². The lowest BCUT2D eigenvalue weighted by Gasteiger charge is -2.35. The van der Waals surface area contributed by atoms with Crippen LogP contribution in [-0.4, -0.2) is 11.4 Å². The van der Waals surface area contributed by atoms with Gasteiger partial charge in [-0.05, 0) is 50.2 Å². The highest BCUT2D eigenvalue weighted by Gasteiger charge is 2.43. The maximum atomic E-state index is 12.4. The highest BCUT2D eigenvalue weighted by molar-refractivity contribution is 6.02. The van der Waals surface area contributed by atoms with Gasteiger partial charge in [0.05, 0.1) is 5.54 Å². The molecule has 0 bridgehead atoms. The molecule has 1 fully saturated rings. The van der Waals surface area contributed by atoms with Crippen LogP contribution in [0, 0.1) is 0 Å². The summed E-state index contributed by atoms with van der Waals surface area (Å²) in [5, 5.41) is 3.31. The molecular weight excluding hydrogens is 234 g/mol. The highest BCUT2D eigenvalue weighted by Crippen LogP contribution is 2.42. The van der Waals surface area contributed by atoms with E-state index in [-0.39, 0.29) is 11.4 Å². The first-order valence-electron chi connectivity index (χ1n) is 7.63. The zero-order chi connectivity index (χ0) is 13.3. The first-order chi connectivity index (χ1) is 9.23. The fourth-order valence-electron chi connectivity index (χ4n) is 3.81. The summed E-state index contributed by atoms with van der Waals surface area (Å²) in [5.41, 5.74) is 3.53. The molecule has 1 heterocycles. The van der Waals surface area contributed by atoms with Gasteiger partial charge in [0.15, 0.2) is 0 Å². The lowest BCUT2D eigenvalue weighted by molar-refractivity contribution is -0.117. The fourth-order valence-corrected chi connectivity index (χ4v) is 3.81. The monoisotopic (exact) mass is 257 g/mol. The van der Waals surface area contributed by atoms with Crippen molar-refractivity contribution in [1.29, 1.82) is 0 Å². The average molecular weight is 257 g/mol. The van der Waals surface area contributed by atoms with Gasteiger partial charge in [0.2, 0.25) is 0 Å². The molecule has 1 saturated carbocycles. The summed E-state index contributed by atoms with van der Waals surface area (Å²) in [4.78, 5) is 12.4. The molecule has 0 atom stereocenters. The maximum Gasteiger partial charge on any atom is 0.252 e. The topological polar surface area (TPSA) is 29.1 Å². The van der Waals surface area contributed by atoms with Crippen molar-refractivity contribution in [1.82, 2.24) is 5.32 Å². The van der Waals surface area contributed by atoms with E-state index in [1.165, 1.54) is 30.4 Å². The molecule has 0 aromatic heterocycles. The molecule has 1 amide bonds. The van der Waals surface area contributed by atoms with E-state index >= 15 is 0 Å². The molecule has 3 rings (SSSR count). The third kappa shape index (κ3) is 2.18. The molecule has 1 aliphatic heterocycles. The summed E-state index contributed by atoms with van der Waals surface area (Å²) in [6.07, 6.45) is 15.8. The predicted octanol–water partition coefficient (Wildman–Crippen LogP) is 3.80. The van der Waals surface area contributed by atoms with Crippen molar-refractivity contribution in [3.05, 3.63) is 34.9 Å². The van der Waals surface area contributed by atoms with E-state index in [9.17, 15) is 4.79 Å². The van der Waals surface area contributed by atoms with Gasteiger partial charge in [0, 0.05) is 5.57 Å². The number of hydrogen-bond donors (Lipinski definition) is 1. The molecule has 102 valence electrons. The molecular formula is C17H23NO. The van der Waals surface area contributed by atoms with Crippen LogP contribution in [0.1, 0.15) is 58.3 Å². The summed E-state index contributed by atoms with van der Waals surface area (Å²) in [6.45, 7) is 2.17. The number of nitrogens with one attached hydrogen (secondary N) is 1. The molecule has 19 heavy (non-hydrogen) atoms. The molecule has 0 aromatic rings. The summed E-state index contributed by atoms with van der Waals surface area (Å²) in [7, 11) is 0. The minimum Gasteiger partial charge on any atom is -0.343 e. The van der Waals surface area contributed by atoms with Crippen LogP contribution in [-0.2, 0) is 4.79 Å². The number of amides is 1. The van der Waals surface area contributed by atoms with E-state index in [0.29, 0.717) is 0 Å². The van der Waals surface area contributed by atoms with Crippen molar-refractivity contribution in [3.63, 3.8) is 0 Å². The average Bonchev–Trinajstić information content (AvgIpc) is 2.63. The molecule has 2 nitrogen and oxygen atoms in total. The van der Waals surface area contributed by atoms with Crippen molar-refractivity contribution in [2.45, 2.75) is 63.8 Å². The Morgan fingerprint density at radius 3 is 2.74 bits per heavy atom. The summed E-state index contributed by atoms with van der Waals surface area (Å²) in [6, 6.07) is 0. The second-order valence-corrected chi connectivity index (χ2v) is 6.11. The summed E-state index contributed by atoms with van der Waals surface area (Å²) in [5.74, 6) is 0.168. The lowest BCUT2D eigenvalue weighted by Crippen LogP contribution is -2.45. The van der Waals surface area contributed by atoms with Crippen LogP contribution in [0.4, 0.5) is 0 Å². The van der Waals surface area contributed by atoms with E-state index in [0.717, 1.165) is 37.7 Å². The second-order valence-electron chi connectivity index (χ2n) is 6.11. The van der Waals surface area contributed by atoms with E-state index < -0.39 is 0 Å². The molecule has 0 unspecified atom stereocenters. The van der Waals surface area contributed by atoms with E-state index in [1.807, 2.05) is 0 Å². The molecule has 2 heteroatoms. The minimum atomic E-state index is -0.0124. The third-order valence-electron chi connectivity index (χ3n) is 4.95. The van der Waals surface area contributed by atoms with E-state index in [1.54, 1.807) is 0 Å². The van der Waals surface area contributed by atoms with Gasteiger partial charge < -0.3 is 5.32 Å². The van der Waals surface area contributed by atoms with Crippen LogP contribution >= 0.6 is 0 Å². The first kappa shape index (κ1) is 12.7. The quantitative estimate of drug-likeness (QED) is 0.760. The minimum absolute atomic E-state index is 0.0124. The van der Waals surface area contributed by atoms with E-state index in [4.69, 9.17) is 0 Å². The predicted molar refractivity (Wildman–Crippen MR) is 77.7 cm³/mol. The van der Waals surface area contributed by atoms with Gasteiger partial charge in [-0.25, -0.2) is 0 Å². The van der Waals surface area contributed by atoms with Crippen molar-refractivity contribution in [2.75, 3.05) is 0 Å². The Kier molecular flexibility index (Phi) is 3.34. The van der Waals surface area contributed by atoms with Crippen molar-refractivity contribution >= 4 is 5.91 Å². The summed E-state index contributed by atoms with van der Waals surface area (Å²) >= 11 is 0. The van der Waals surface area contributed by atoms with E-state index in [2.05, 4.69) is 30.5 Å². The van der Waals surface area contributed by atoms with Gasteiger partial charge in [-0.1, -0.05) is 37.5 Å². The number of allylic oxidation sites excluding steroid dienone is 3. The number of carbonyl (C=O) groups excluding carboxylic acids is 1. The second kappa shape index (κ2) is 4.99. The zero-order valence-corrected chi connectivity index (χ0v) is 11.8. The molecule has 0 aromatic carbocycles. The van der Waals surface area contributed by atoms with Crippen molar-refractivity contribution in [2.24, 2.45) is 0 Å². The Balaban J connectivity index is 1.96. The van der Waals surface area contributed by atoms with Crippen LogP contribution in [0.2, 0.25) is 0 Å². The van der Waals surface area contributed by atoms with Crippen LogP contribution in [0.15, 0.2) is 34.9 Å². The Morgan fingerprint density at radius 1 is 1.16 bits per heavy atom. The third-order valence-corrected chi connectivity index (χ3v) is 4.95. The fraction of sp³-hybridized carbons (Fsp3) is 0.588. The molecule has 0 radical (unpaired) electrons. The van der Waals surface area contributed by atoms with Gasteiger partial charge in [-0.15, -0.1) is 0 Å². The van der Waals surface area contributed by atoms with Gasteiger partial charge in [-0.2, -0.15) is 0 Å². The maximum absolute atomic E-state index is 12.4. The lowest BCUT2D eigenvalue weighted by atomic mass is 9.77. The Hall–Kier alpha value is -1.31. The van der Waals surface area contributed by atoms with Crippen LogP contribution in [0.3, 0.4) is 0 Å². The smallest absolute Gasteiger partial charge is 0.252 e. The first-order valence-corrected chi connectivity index (χ1v) is 7.63. The standard InChI is InChI=1S/C17H23NO/c1-13-15(14-9-5-2-3-6-10-14)16(19)18-17(13)11-7-4-8-12-17/h2,5,9H,3-4,6-8,10-12H2,1H3,(H,18,19). The molecule has 0 saturated heterocycles. The number of hydrogen-bond acceptors (Lipinski definition) is 1. The molecule has 3 aliphatic rings. The Labute approximate surface area is 115 Å². The van der Waals surface area contributed by atoms with Crippen LogP contribution in [0.25, 0.3) is 0 Å². The largest absolute Gasteiger partial charge is 0.343 e. The molecule has 1 spiro atoms. The molecule has 2 aliphatic carbocycles. The molecule has 1 N–H and O–H groups in total. The number of rotatable bonds is 1. The Bertz CT molecular complexity index is 475. The van der Waals surface area contributed by atoms with Crippen LogP contribution < -0.4 is 5.32 Å². The Morgan fingerprint density at radius 2 is 1.95 bits per heavy atom. The number of carbonyl (C=O) groups is 1. The normalized spacial score (nSPS) is 26.4. The van der Waals surface area contributed by atoms with Crippen LogP contribution in [0.5, 0.6) is 0 Å². The highest BCUT2D eigenvalue weighted by atomic mass is 16.2. The van der Waals surface area contributed by atoms with Gasteiger partial charge in [-0.3, -0.25) is 4.79 Å². The van der Waals surface area contributed by atoms with Gasteiger partial charge in [0.25, 0.3) is 5.91 Å². The summed E-state index contributed by atoms with van der Waals surface area (Å²) < 4.78 is 0. The SMILES string of the molecule is CC1=C(C2=CC=CCCC2)C(=O)NC12CCCCC2. The zero-order valence-electron chi connectivity index (χ0n) is 11.8.